The summed E-state index contributed by atoms with van der Waals surface area (Å²) in [7, 11) is 0. The van der Waals surface area contributed by atoms with Crippen LogP contribution in [0.3, 0.4) is 0 Å². The highest BCUT2D eigenvalue weighted by atomic mass is 16.5. The highest BCUT2D eigenvalue weighted by Gasteiger charge is 2.22. The Morgan fingerprint density at radius 3 is 2.80 bits per heavy atom. The van der Waals surface area contributed by atoms with Crippen LogP contribution in [0, 0.1) is 5.92 Å². The molecule has 1 saturated heterocycles. The predicted molar refractivity (Wildman–Crippen MR) is 79.8 cm³/mol. The molecular formula is C16H24N2O2. The van der Waals surface area contributed by atoms with Gasteiger partial charge < -0.3 is 15.4 Å². The molecule has 4 nitrogen and oxygen atoms in total. The highest BCUT2D eigenvalue weighted by molar-refractivity contribution is 5.79. The van der Waals surface area contributed by atoms with Gasteiger partial charge in [0.05, 0.1) is 18.6 Å². The van der Waals surface area contributed by atoms with Gasteiger partial charge in [0.1, 0.15) is 5.75 Å². The van der Waals surface area contributed by atoms with Gasteiger partial charge in [0.2, 0.25) is 5.91 Å². The molecule has 1 aromatic rings. The van der Waals surface area contributed by atoms with Crippen LogP contribution in [0.4, 0.5) is 0 Å². The largest absolute Gasteiger partial charge is 0.494 e. The van der Waals surface area contributed by atoms with Crippen LogP contribution in [0.5, 0.6) is 5.75 Å². The van der Waals surface area contributed by atoms with Crippen LogP contribution in [0.15, 0.2) is 24.3 Å². The summed E-state index contributed by atoms with van der Waals surface area (Å²) in [5.74, 6) is 1.12. The zero-order valence-electron chi connectivity index (χ0n) is 12.3. The SMILES string of the molecule is CCOc1ccc(C(C)NC(=O)[C@H]2CCCNC2)cc1. The lowest BCUT2D eigenvalue weighted by Crippen LogP contribution is -2.41. The molecule has 0 radical (unpaired) electrons. The monoisotopic (exact) mass is 276 g/mol. The lowest BCUT2D eigenvalue weighted by atomic mass is 9.98. The first kappa shape index (κ1) is 14.9. The number of nitrogens with one attached hydrogen (secondary N) is 2. The van der Waals surface area contributed by atoms with E-state index in [-0.39, 0.29) is 17.9 Å². The number of hydrogen-bond donors (Lipinski definition) is 2. The van der Waals surface area contributed by atoms with Crippen molar-refractivity contribution in [2.24, 2.45) is 5.92 Å². The summed E-state index contributed by atoms with van der Waals surface area (Å²) in [5.41, 5.74) is 1.10. The Kier molecular flexibility index (Phi) is 5.41. The molecule has 0 saturated carbocycles. The third kappa shape index (κ3) is 3.97. The van der Waals surface area contributed by atoms with Crippen LogP contribution >= 0.6 is 0 Å². The Balaban J connectivity index is 1.89. The second-order valence-electron chi connectivity index (χ2n) is 5.28. The van der Waals surface area contributed by atoms with E-state index in [9.17, 15) is 4.79 Å². The summed E-state index contributed by atoms with van der Waals surface area (Å²) in [6.45, 7) is 6.47. The number of rotatable bonds is 5. The normalized spacial score (nSPS) is 20.2. The van der Waals surface area contributed by atoms with Crippen molar-refractivity contribution in [1.82, 2.24) is 10.6 Å². The summed E-state index contributed by atoms with van der Waals surface area (Å²) in [6, 6.07) is 7.94. The fourth-order valence-electron chi connectivity index (χ4n) is 2.51. The van der Waals surface area contributed by atoms with Crippen molar-refractivity contribution in [3.05, 3.63) is 29.8 Å². The topological polar surface area (TPSA) is 50.4 Å². The summed E-state index contributed by atoms with van der Waals surface area (Å²) in [4.78, 5) is 12.2. The van der Waals surface area contributed by atoms with Crippen LogP contribution < -0.4 is 15.4 Å². The van der Waals surface area contributed by atoms with Crippen LogP contribution in [0.1, 0.15) is 38.3 Å². The quantitative estimate of drug-likeness (QED) is 0.867. The zero-order valence-corrected chi connectivity index (χ0v) is 12.3. The van der Waals surface area contributed by atoms with Gasteiger partial charge in [-0.05, 0) is 50.9 Å². The molecule has 2 atom stereocenters. The molecule has 1 aliphatic rings. The molecule has 1 heterocycles. The molecular weight excluding hydrogens is 252 g/mol. The number of ether oxygens (including phenoxy) is 1. The number of amides is 1. The van der Waals surface area contributed by atoms with Crippen LogP contribution in [-0.4, -0.2) is 25.6 Å². The molecule has 110 valence electrons. The standard InChI is InChI=1S/C16H24N2O2/c1-3-20-15-8-6-13(7-9-15)12(2)18-16(19)14-5-4-10-17-11-14/h6-9,12,14,17H,3-5,10-11H2,1-2H3,(H,18,19)/t12?,14-/m0/s1. The average Bonchev–Trinajstić information content (AvgIpc) is 2.49. The van der Waals surface area contributed by atoms with Crippen LogP contribution in [-0.2, 0) is 4.79 Å². The van der Waals surface area contributed by atoms with Crippen LogP contribution in [0.2, 0.25) is 0 Å². The summed E-state index contributed by atoms with van der Waals surface area (Å²) in [6.07, 6.45) is 2.06. The van der Waals surface area contributed by atoms with Gasteiger partial charge in [0, 0.05) is 6.54 Å². The lowest BCUT2D eigenvalue weighted by Gasteiger charge is -2.24. The lowest BCUT2D eigenvalue weighted by molar-refractivity contribution is -0.126. The predicted octanol–water partition coefficient (Wildman–Crippen LogP) is 2.26. The van der Waals surface area contributed by atoms with E-state index in [1.54, 1.807) is 0 Å². The zero-order chi connectivity index (χ0) is 14.4. The molecule has 1 aromatic carbocycles. The Morgan fingerprint density at radius 1 is 1.45 bits per heavy atom. The molecule has 20 heavy (non-hydrogen) atoms. The molecule has 2 N–H and O–H groups in total. The third-order valence-corrected chi connectivity index (χ3v) is 3.72. The number of hydrogen-bond acceptors (Lipinski definition) is 3. The maximum atomic E-state index is 12.2. The number of carbonyl (C=O) groups excluding carboxylic acids is 1. The van der Waals surface area contributed by atoms with E-state index in [1.807, 2.05) is 38.1 Å². The van der Waals surface area contributed by atoms with Crippen LogP contribution in [0.25, 0.3) is 0 Å². The maximum absolute atomic E-state index is 12.2. The minimum absolute atomic E-state index is 0.0279. The molecule has 1 fully saturated rings. The smallest absolute Gasteiger partial charge is 0.224 e. The van der Waals surface area contributed by atoms with Crippen molar-refractivity contribution in [1.29, 1.82) is 0 Å². The second-order valence-corrected chi connectivity index (χ2v) is 5.28. The fourth-order valence-corrected chi connectivity index (χ4v) is 2.51. The van der Waals surface area contributed by atoms with Crippen molar-refractivity contribution in [3.8, 4) is 5.75 Å². The fraction of sp³-hybridized carbons (Fsp3) is 0.562. The molecule has 1 aliphatic heterocycles. The van der Waals surface area contributed by atoms with Gasteiger partial charge >= 0.3 is 0 Å². The van der Waals surface area contributed by atoms with E-state index in [4.69, 9.17) is 4.74 Å². The van der Waals surface area contributed by atoms with E-state index in [1.165, 1.54) is 0 Å². The Bertz CT molecular complexity index is 425. The number of benzene rings is 1. The van der Waals surface area contributed by atoms with Crippen molar-refractivity contribution in [3.63, 3.8) is 0 Å². The molecule has 1 amide bonds. The first-order valence-corrected chi connectivity index (χ1v) is 7.44. The Labute approximate surface area is 120 Å². The summed E-state index contributed by atoms with van der Waals surface area (Å²) < 4.78 is 5.42. The van der Waals surface area contributed by atoms with Crippen molar-refractivity contribution in [2.45, 2.75) is 32.7 Å². The van der Waals surface area contributed by atoms with Gasteiger partial charge in [-0.1, -0.05) is 12.1 Å². The number of carbonyl (C=O) groups is 1. The van der Waals surface area contributed by atoms with Crippen molar-refractivity contribution < 1.29 is 9.53 Å². The minimum Gasteiger partial charge on any atom is -0.494 e. The third-order valence-electron chi connectivity index (χ3n) is 3.72. The van der Waals surface area contributed by atoms with Gasteiger partial charge in [0.25, 0.3) is 0 Å². The summed E-state index contributed by atoms with van der Waals surface area (Å²) in [5, 5.41) is 6.37. The first-order chi connectivity index (χ1) is 9.70. The maximum Gasteiger partial charge on any atom is 0.224 e. The molecule has 0 spiro atoms. The molecule has 4 heteroatoms. The van der Waals surface area contributed by atoms with Gasteiger partial charge in [0.15, 0.2) is 0 Å². The molecule has 2 rings (SSSR count). The van der Waals surface area contributed by atoms with Gasteiger partial charge in [-0.15, -0.1) is 0 Å². The van der Waals surface area contributed by atoms with Crippen molar-refractivity contribution >= 4 is 5.91 Å². The average molecular weight is 276 g/mol. The van der Waals surface area contributed by atoms with E-state index in [2.05, 4.69) is 10.6 Å². The first-order valence-electron chi connectivity index (χ1n) is 7.44. The number of piperidine rings is 1. The molecule has 0 aliphatic carbocycles. The van der Waals surface area contributed by atoms with Gasteiger partial charge in [-0.2, -0.15) is 0 Å². The van der Waals surface area contributed by atoms with Crippen molar-refractivity contribution in [2.75, 3.05) is 19.7 Å². The molecule has 1 unspecified atom stereocenters. The second kappa shape index (κ2) is 7.29. The molecule has 0 bridgehead atoms. The van der Waals surface area contributed by atoms with Gasteiger partial charge in [-0.3, -0.25) is 4.79 Å². The highest BCUT2D eigenvalue weighted by Crippen LogP contribution is 2.19. The van der Waals surface area contributed by atoms with E-state index in [0.717, 1.165) is 37.2 Å². The van der Waals surface area contributed by atoms with E-state index < -0.39 is 0 Å². The Morgan fingerprint density at radius 2 is 2.20 bits per heavy atom. The van der Waals surface area contributed by atoms with E-state index >= 15 is 0 Å². The van der Waals surface area contributed by atoms with E-state index in [0.29, 0.717) is 6.61 Å². The molecule has 0 aromatic heterocycles. The summed E-state index contributed by atoms with van der Waals surface area (Å²) >= 11 is 0. The minimum atomic E-state index is 0.0279. The van der Waals surface area contributed by atoms with Gasteiger partial charge in [-0.25, -0.2) is 0 Å². The Hall–Kier alpha value is -1.55.